The number of carbonyl (C=O) groups excluding carboxylic acids is 1. The first-order chi connectivity index (χ1) is 6.70. The minimum Gasteiger partial charge on any atom is -0.465 e. The Morgan fingerprint density at radius 3 is 3.07 bits per heavy atom. The number of fused-ring (bicyclic) bond motifs is 1. The van der Waals surface area contributed by atoms with E-state index in [1.54, 1.807) is 6.07 Å². The largest absolute Gasteiger partial charge is 0.465 e. The lowest BCUT2D eigenvalue weighted by atomic mass is 10.2. The van der Waals surface area contributed by atoms with Crippen molar-refractivity contribution in [3.63, 3.8) is 0 Å². The quantitative estimate of drug-likeness (QED) is 0.697. The number of ether oxygens (including phenoxy) is 1. The van der Waals surface area contributed by atoms with Gasteiger partial charge in [-0.25, -0.2) is 4.79 Å². The summed E-state index contributed by atoms with van der Waals surface area (Å²) in [6.45, 7) is 0. The lowest BCUT2D eigenvalue weighted by Gasteiger charge is -1.90. The molecule has 0 saturated heterocycles. The second-order valence-corrected chi connectivity index (χ2v) is 4.18. The van der Waals surface area contributed by atoms with Crippen molar-refractivity contribution in [1.82, 2.24) is 0 Å². The van der Waals surface area contributed by atoms with Crippen LogP contribution in [0.15, 0.2) is 18.2 Å². The maximum absolute atomic E-state index is 11.2. The van der Waals surface area contributed by atoms with Gasteiger partial charge in [-0.1, -0.05) is 17.7 Å². The average molecular weight is 226 g/mol. The van der Waals surface area contributed by atoms with E-state index in [1.165, 1.54) is 18.4 Å². The number of benzene rings is 1. The van der Waals surface area contributed by atoms with Crippen molar-refractivity contribution in [1.29, 1.82) is 0 Å². The standard InChI is InChI=1S/C10H6ClO2S/c1-13-10(12)9-4-6-2-3-7(11)5-8(6)14-9/h2-3,5H,1H3. The number of hydrogen-bond donors (Lipinski definition) is 0. The van der Waals surface area contributed by atoms with Crippen LogP contribution in [0.2, 0.25) is 5.02 Å². The van der Waals surface area contributed by atoms with Crippen molar-refractivity contribution in [2.24, 2.45) is 0 Å². The molecule has 4 heteroatoms. The SMILES string of the molecule is COC(=O)c1[c]c2ccc(Cl)cc2s1. The molecule has 0 bridgehead atoms. The molecule has 0 aliphatic heterocycles. The van der Waals surface area contributed by atoms with Gasteiger partial charge in [0.25, 0.3) is 0 Å². The molecule has 71 valence electrons. The van der Waals surface area contributed by atoms with Gasteiger partial charge in [0, 0.05) is 21.2 Å². The van der Waals surface area contributed by atoms with Crippen LogP contribution in [-0.4, -0.2) is 13.1 Å². The summed E-state index contributed by atoms with van der Waals surface area (Å²) in [7, 11) is 1.35. The molecule has 0 aliphatic rings. The first kappa shape index (κ1) is 9.49. The first-order valence-electron chi connectivity index (χ1n) is 3.90. The Labute approximate surface area is 90.1 Å². The highest BCUT2D eigenvalue weighted by Gasteiger charge is 2.10. The van der Waals surface area contributed by atoms with Gasteiger partial charge in [-0.3, -0.25) is 0 Å². The fourth-order valence-electron chi connectivity index (χ4n) is 1.13. The minimum absolute atomic E-state index is 0.359. The molecule has 14 heavy (non-hydrogen) atoms. The highest BCUT2D eigenvalue weighted by atomic mass is 35.5. The number of thiophene rings is 1. The molecule has 0 aliphatic carbocycles. The number of hydrogen-bond acceptors (Lipinski definition) is 3. The Bertz CT molecular complexity index is 490. The fraction of sp³-hybridized carbons (Fsp3) is 0.100. The monoisotopic (exact) mass is 225 g/mol. The van der Waals surface area contributed by atoms with E-state index in [2.05, 4.69) is 10.8 Å². The summed E-state index contributed by atoms with van der Waals surface area (Å²) in [5, 5.41) is 1.55. The molecular formula is C10H6ClO2S. The van der Waals surface area contributed by atoms with Crippen molar-refractivity contribution < 1.29 is 9.53 Å². The topological polar surface area (TPSA) is 26.3 Å². The van der Waals surface area contributed by atoms with Gasteiger partial charge in [-0.2, -0.15) is 0 Å². The zero-order valence-corrected chi connectivity index (χ0v) is 8.91. The van der Waals surface area contributed by atoms with E-state index < -0.39 is 0 Å². The molecule has 0 N–H and O–H groups in total. The summed E-state index contributed by atoms with van der Waals surface area (Å²) in [4.78, 5) is 11.7. The minimum atomic E-state index is -0.359. The zero-order valence-electron chi connectivity index (χ0n) is 7.33. The van der Waals surface area contributed by atoms with E-state index in [9.17, 15) is 4.79 Å². The van der Waals surface area contributed by atoms with Crippen LogP contribution < -0.4 is 0 Å². The van der Waals surface area contributed by atoms with Gasteiger partial charge in [-0.15, -0.1) is 11.3 Å². The smallest absolute Gasteiger partial charge is 0.348 e. The molecule has 1 aromatic heterocycles. The van der Waals surface area contributed by atoms with E-state index in [0.29, 0.717) is 9.90 Å². The fourth-order valence-corrected chi connectivity index (χ4v) is 2.33. The predicted octanol–water partition coefficient (Wildman–Crippen LogP) is 3.14. The maximum Gasteiger partial charge on any atom is 0.348 e. The molecule has 2 aromatic rings. The molecule has 2 rings (SSSR count). The highest BCUT2D eigenvalue weighted by molar-refractivity contribution is 7.20. The summed E-state index contributed by atoms with van der Waals surface area (Å²) >= 11 is 7.15. The second-order valence-electron chi connectivity index (χ2n) is 2.69. The van der Waals surface area contributed by atoms with E-state index in [1.807, 2.05) is 12.1 Å². The van der Waals surface area contributed by atoms with Crippen LogP contribution in [0.25, 0.3) is 10.1 Å². The zero-order chi connectivity index (χ0) is 10.1. The summed E-state index contributed by atoms with van der Waals surface area (Å²) in [5.74, 6) is -0.359. The van der Waals surface area contributed by atoms with E-state index >= 15 is 0 Å². The normalized spacial score (nSPS) is 10.4. The molecule has 0 amide bonds. The van der Waals surface area contributed by atoms with Crippen molar-refractivity contribution in [2.45, 2.75) is 0 Å². The van der Waals surface area contributed by atoms with Crippen LogP contribution in [-0.2, 0) is 4.74 Å². The van der Waals surface area contributed by atoms with Gasteiger partial charge in [-0.05, 0) is 12.1 Å². The van der Waals surface area contributed by atoms with Crippen LogP contribution in [0.5, 0.6) is 0 Å². The van der Waals surface area contributed by atoms with Crippen molar-refractivity contribution in [3.05, 3.63) is 34.2 Å². The molecule has 2 nitrogen and oxygen atoms in total. The molecule has 0 spiro atoms. The van der Waals surface area contributed by atoms with Gasteiger partial charge in [0.05, 0.1) is 7.11 Å². The Balaban J connectivity index is 2.56. The lowest BCUT2D eigenvalue weighted by molar-refractivity contribution is 0.0606. The molecular weight excluding hydrogens is 220 g/mol. The van der Waals surface area contributed by atoms with E-state index in [-0.39, 0.29) is 5.97 Å². The summed E-state index contributed by atoms with van der Waals surface area (Å²) < 4.78 is 5.55. The van der Waals surface area contributed by atoms with E-state index in [0.717, 1.165) is 10.1 Å². The molecule has 0 atom stereocenters. The van der Waals surface area contributed by atoms with Crippen molar-refractivity contribution >= 4 is 39.0 Å². The molecule has 1 radical (unpaired) electrons. The Morgan fingerprint density at radius 2 is 2.36 bits per heavy atom. The van der Waals surface area contributed by atoms with Gasteiger partial charge in [0.1, 0.15) is 4.88 Å². The molecule has 0 saturated carbocycles. The molecule has 1 heterocycles. The first-order valence-corrected chi connectivity index (χ1v) is 5.10. The number of rotatable bonds is 1. The Hall–Kier alpha value is -1.06. The van der Waals surface area contributed by atoms with Crippen LogP contribution in [0.3, 0.4) is 0 Å². The van der Waals surface area contributed by atoms with Gasteiger partial charge in [0.15, 0.2) is 0 Å². The van der Waals surface area contributed by atoms with Crippen LogP contribution in [0, 0.1) is 6.07 Å². The summed E-state index contributed by atoms with van der Waals surface area (Å²) in [5.41, 5.74) is 0. The molecule has 0 unspecified atom stereocenters. The third-order valence-electron chi connectivity index (χ3n) is 1.77. The Kier molecular flexibility index (Phi) is 2.44. The highest BCUT2D eigenvalue weighted by Crippen LogP contribution is 2.27. The number of halogens is 1. The number of methoxy groups -OCH3 is 1. The van der Waals surface area contributed by atoms with E-state index in [4.69, 9.17) is 11.6 Å². The third-order valence-corrected chi connectivity index (χ3v) is 3.04. The van der Waals surface area contributed by atoms with Gasteiger partial charge < -0.3 is 4.74 Å². The second kappa shape index (κ2) is 3.59. The van der Waals surface area contributed by atoms with Gasteiger partial charge >= 0.3 is 5.97 Å². The molecule has 0 fully saturated rings. The average Bonchev–Trinajstić information content (AvgIpc) is 2.59. The summed E-state index contributed by atoms with van der Waals surface area (Å²) in [6, 6.07) is 8.37. The van der Waals surface area contributed by atoms with Crippen LogP contribution in [0.4, 0.5) is 0 Å². The lowest BCUT2D eigenvalue weighted by Crippen LogP contribution is -1.96. The van der Waals surface area contributed by atoms with Crippen LogP contribution in [0.1, 0.15) is 9.67 Å². The number of esters is 1. The predicted molar refractivity (Wildman–Crippen MR) is 57.0 cm³/mol. The maximum atomic E-state index is 11.2. The van der Waals surface area contributed by atoms with Crippen molar-refractivity contribution in [3.8, 4) is 0 Å². The third kappa shape index (κ3) is 1.61. The van der Waals surface area contributed by atoms with Crippen LogP contribution >= 0.6 is 22.9 Å². The molecule has 1 aromatic carbocycles. The van der Waals surface area contributed by atoms with Gasteiger partial charge in [0.2, 0.25) is 0 Å². The number of carbonyl (C=O) groups is 1. The summed E-state index contributed by atoms with van der Waals surface area (Å²) in [6.07, 6.45) is 0. The Morgan fingerprint density at radius 1 is 1.57 bits per heavy atom. The van der Waals surface area contributed by atoms with Crippen molar-refractivity contribution in [2.75, 3.05) is 7.11 Å².